The van der Waals surface area contributed by atoms with Crippen molar-refractivity contribution in [3.8, 4) is 11.1 Å². The summed E-state index contributed by atoms with van der Waals surface area (Å²) in [5, 5.41) is 0. The van der Waals surface area contributed by atoms with Crippen molar-refractivity contribution in [2.24, 2.45) is 11.8 Å². The lowest BCUT2D eigenvalue weighted by Crippen LogP contribution is -2.12. The summed E-state index contributed by atoms with van der Waals surface area (Å²) in [4.78, 5) is 0. The normalized spacial score (nSPS) is 28.2. The van der Waals surface area contributed by atoms with Crippen LogP contribution in [0.25, 0.3) is 11.1 Å². The Bertz CT molecular complexity index is 759. The van der Waals surface area contributed by atoms with E-state index in [1.165, 1.54) is 68.9 Å². The minimum Gasteiger partial charge on any atom is -0.206 e. The van der Waals surface area contributed by atoms with Crippen LogP contribution in [0, 0.1) is 17.7 Å². The van der Waals surface area contributed by atoms with Gasteiger partial charge in [0.2, 0.25) is 0 Å². The molecule has 0 bridgehead atoms. The minimum atomic E-state index is -0.0608. The maximum absolute atomic E-state index is 14.9. The van der Waals surface area contributed by atoms with E-state index in [4.69, 9.17) is 0 Å². The predicted octanol–water partition coefficient (Wildman–Crippen LogP) is 8.47. The largest absolute Gasteiger partial charge is 0.206 e. The Morgan fingerprint density at radius 3 is 1.93 bits per heavy atom. The molecular formula is C27H35F. The van der Waals surface area contributed by atoms with E-state index in [0.717, 1.165) is 23.0 Å². The topological polar surface area (TPSA) is 0 Å². The first-order valence-electron chi connectivity index (χ1n) is 11.5. The van der Waals surface area contributed by atoms with Crippen molar-refractivity contribution in [1.29, 1.82) is 0 Å². The first-order valence-corrected chi connectivity index (χ1v) is 11.5. The smallest absolute Gasteiger partial charge is 0.131 e. The highest BCUT2D eigenvalue weighted by atomic mass is 19.1. The zero-order valence-corrected chi connectivity index (χ0v) is 17.6. The Kier molecular flexibility index (Phi) is 6.19. The second-order valence-electron chi connectivity index (χ2n) is 9.44. The fourth-order valence-electron chi connectivity index (χ4n) is 5.45. The van der Waals surface area contributed by atoms with Gasteiger partial charge in [0.25, 0.3) is 0 Å². The third-order valence-corrected chi connectivity index (χ3v) is 7.60. The summed E-state index contributed by atoms with van der Waals surface area (Å²) in [5.41, 5.74) is 4.38. The Morgan fingerprint density at radius 1 is 0.750 bits per heavy atom. The zero-order chi connectivity index (χ0) is 19.5. The Balaban J connectivity index is 1.46. The van der Waals surface area contributed by atoms with Gasteiger partial charge in [0, 0.05) is 5.56 Å². The van der Waals surface area contributed by atoms with Crippen molar-refractivity contribution in [3.05, 3.63) is 59.4 Å². The van der Waals surface area contributed by atoms with Crippen LogP contribution in [-0.4, -0.2) is 0 Å². The number of hydrogen-bond acceptors (Lipinski definition) is 0. The quantitative estimate of drug-likeness (QED) is 0.500. The zero-order valence-electron chi connectivity index (χ0n) is 17.6. The molecule has 0 nitrogen and oxygen atoms in total. The number of rotatable bonds is 4. The molecule has 0 aliphatic heterocycles. The molecule has 2 aromatic rings. The van der Waals surface area contributed by atoms with E-state index in [0.29, 0.717) is 11.8 Å². The summed E-state index contributed by atoms with van der Waals surface area (Å²) in [6.45, 7) is 4.65. The Hall–Kier alpha value is -1.63. The third-order valence-electron chi connectivity index (χ3n) is 7.60. The van der Waals surface area contributed by atoms with Gasteiger partial charge in [0.1, 0.15) is 5.82 Å². The molecule has 2 saturated carbocycles. The predicted molar refractivity (Wildman–Crippen MR) is 117 cm³/mol. The molecule has 0 N–H and O–H groups in total. The van der Waals surface area contributed by atoms with Crippen molar-refractivity contribution in [1.82, 2.24) is 0 Å². The van der Waals surface area contributed by atoms with Gasteiger partial charge in [-0.25, -0.2) is 4.39 Å². The van der Waals surface area contributed by atoms with Crippen LogP contribution in [0.15, 0.2) is 42.5 Å². The van der Waals surface area contributed by atoms with Gasteiger partial charge >= 0.3 is 0 Å². The van der Waals surface area contributed by atoms with Crippen molar-refractivity contribution < 1.29 is 4.39 Å². The van der Waals surface area contributed by atoms with Gasteiger partial charge in [0.05, 0.1) is 0 Å². The Morgan fingerprint density at radius 2 is 1.32 bits per heavy atom. The van der Waals surface area contributed by atoms with E-state index < -0.39 is 0 Å². The van der Waals surface area contributed by atoms with E-state index in [-0.39, 0.29) is 5.82 Å². The van der Waals surface area contributed by atoms with Gasteiger partial charge in [-0.05, 0) is 85.0 Å². The summed E-state index contributed by atoms with van der Waals surface area (Å²) < 4.78 is 14.9. The molecule has 0 heterocycles. The highest BCUT2D eigenvalue weighted by Gasteiger charge is 2.22. The SMILES string of the molecule is CCC1CCC(c2ccc(-c3ccc(C4CCC(C)CC4)cc3)c(F)c2)CC1. The van der Waals surface area contributed by atoms with Gasteiger partial charge in [-0.1, -0.05) is 69.5 Å². The number of hydrogen-bond donors (Lipinski definition) is 0. The second-order valence-corrected chi connectivity index (χ2v) is 9.44. The van der Waals surface area contributed by atoms with E-state index in [2.05, 4.69) is 44.2 Å². The molecule has 0 aromatic heterocycles. The molecule has 0 spiro atoms. The van der Waals surface area contributed by atoms with Gasteiger partial charge in [-0.3, -0.25) is 0 Å². The van der Waals surface area contributed by atoms with Crippen LogP contribution in [0.3, 0.4) is 0 Å². The lowest BCUT2D eigenvalue weighted by Gasteiger charge is -2.28. The molecule has 0 unspecified atom stereocenters. The first kappa shape index (κ1) is 19.7. The summed E-state index contributed by atoms with van der Waals surface area (Å²) in [6.07, 6.45) is 11.6. The van der Waals surface area contributed by atoms with Crippen LogP contribution in [0.2, 0.25) is 0 Å². The Labute approximate surface area is 170 Å². The van der Waals surface area contributed by atoms with Gasteiger partial charge < -0.3 is 0 Å². The van der Waals surface area contributed by atoms with Gasteiger partial charge in [0.15, 0.2) is 0 Å². The molecule has 1 heteroatoms. The highest BCUT2D eigenvalue weighted by molar-refractivity contribution is 5.65. The molecule has 0 amide bonds. The molecule has 2 aromatic carbocycles. The molecule has 2 aliphatic rings. The van der Waals surface area contributed by atoms with Crippen LogP contribution in [0.1, 0.15) is 94.6 Å². The summed E-state index contributed by atoms with van der Waals surface area (Å²) in [5.74, 6) is 2.93. The average Bonchev–Trinajstić information content (AvgIpc) is 2.74. The lowest BCUT2D eigenvalue weighted by molar-refractivity contribution is 0.318. The molecule has 2 fully saturated rings. The van der Waals surface area contributed by atoms with E-state index in [1.54, 1.807) is 0 Å². The van der Waals surface area contributed by atoms with Crippen LogP contribution in [-0.2, 0) is 0 Å². The number of halogens is 1. The fraction of sp³-hybridized carbons (Fsp3) is 0.556. The average molecular weight is 379 g/mol. The number of benzene rings is 2. The maximum atomic E-state index is 14.9. The molecule has 150 valence electrons. The van der Waals surface area contributed by atoms with E-state index in [9.17, 15) is 4.39 Å². The maximum Gasteiger partial charge on any atom is 0.131 e. The molecule has 4 rings (SSSR count). The van der Waals surface area contributed by atoms with Crippen LogP contribution < -0.4 is 0 Å². The lowest BCUT2D eigenvalue weighted by atomic mass is 9.77. The van der Waals surface area contributed by atoms with E-state index >= 15 is 0 Å². The van der Waals surface area contributed by atoms with Crippen molar-refractivity contribution >= 4 is 0 Å². The van der Waals surface area contributed by atoms with Crippen molar-refractivity contribution in [2.45, 2.75) is 83.5 Å². The molecule has 0 radical (unpaired) electrons. The van der Waals surface area contributed by atoms with Crippen molar-refractivity contribution in [2.75, 3.05) is 0 Å². The molecule has 28 heavy (non-hydrogen) atoms. The fourth-order valence-corrected chi connectivity index (χ4v) is 5.45. The first-order chi connectivity index (χ1) is 13.6. The van der Waals surface area contributed by atoms with Crippen molar-refractivity contribution in [3.63, 3.8) is 0 Å². The standard InChI is InChI=1S/C27H35F/c1-3-20-6-10-23(11-7-20)25-16-17-26(27(28)18-25)24-14-12-22(13-15-24)21-8-4-19(2)5-9-21/h12-21,23H,3-11H2,1-2H3. The molecule has 2 aliphatic carbocycles. The van der Waals surface area contributed by atoms with Crippen LogP contribution >= 0.6 is 0 Å². The molecular weight excluding hydrogens is 343 g/mol. The summed E-state index contributed by atoms with van der Waals surface area (Å²) in [6, 6.07) is 14.7. The summed E-state index contributed by atoms with van der Waals surface area (Å²) >= 11 is 0. The molecule has 0 saturated heterocycles. The second kappa shape index (κ2) is 8.80. The van der Waals surface area contributed by atoms with Crippen LogP contribution in [0.4, 0.5) is 4.39 Å². The van der Waals surface area contributed by atoms with Gasteiger partial charge in [-0.15, -0.1) is 0 Å². The molecule has 0 atom stereocenters. The van der Waals surface area contributed by atoms with E-state index in [1.807, 2.05) is 12.1 Å². The van der Waals surface area contributed by atoms with Gasteiger partial charge in [-0.2, -0.15) is 0 Å². The summed E-state index contributed by atoms with van der Waals surface area (Å²) in [7, 11) is 0. The highest BCUT2D eigenvalue weighted by Crippen LogP contribution is 2.39. The monoisotopic (exact) mass is 378 g/mol. The minimum absolute atomic E-state index is 0.0608. The van der Waals surface area contributed by atoms with Crippen LogP contribution in [0.5, 0.6) is 0 Å². The third kappa shape index (κ3) is 4.34.